The van der Waals surface area contributed by atoms with Crippen LogP contribution in [0.25, 0.3) is 0 Å². The lowest BCUT2D eigenvalue weighted by atomic mass is 9.82. The molecule has 3 heteroatoms. The Morgan fingerprint density at radius 2 is 2.31 bits per heavy atom. The summed E-state index contributed by atoms with van der Waals surface area (Å²) in [5, 5.41) is 9.45. The van der Waals surface area contributed by atoms with Crippen molar-refractivity contribution in [1.29, 1.82) is 0 Å². The molecule has 0 amide bonds. The first-order valence-electron chi connectivity index (χ1n) is 4.45. The Morgan fingerprint density at radius 1 is 1.77 bits per heavy atom. The van der Waals surface area contributed by atoms with Gasteiger partial charge in [-0.2, -0.15) is 0 Å². The van der Waals surface area contributed by atoms with E-state index in [0.717, 1.165) is 0 Å². The van der Waals surface area contributed by atoms with Crippen molar-refractivity contribution in [2.24, 2.45) is 5.41 Å². The van der Waals surface area contributed by atoms with E-state index in [1.807, 2.05) is 0 Å². The second-order valence-corrected chi connectivity index (χ2v) is 3.31. The predicted octanol–water partition coefficient (Wildman–Crippen LogP) is 1.51. The molecule has 0 heterocycles. The number of ether oxygens (including phenoxy) is 1. The zero-order valence-electron chi connectivity index (χ0n) is 8.54. The van der Waals surface area contributed by atoms with Crippen LogP contribution in [0.1, 0.15) is 27.2 Å². The Kier molecular flexibility index (Phi) is 4.70. The van der Waals surface area contributed by atoms with Gasteiger partial charge in [-0.05, 0) is 27.2 Å². The standard InChI is InChI=1S/C10H18O3/c1-5-7-10(4,8(3)11)9(12)13-6-2/h5,8,11H,1,6-7H2,2-4H3/t8-,10-/m0/s1. The SMILES string of the molecule is C=CC[C@](C)(C(=O)OCC)[C@H](C)O. The molecular formula is C10H18O3. The van der Waals surface area contributed by atoms with Gasteiger partial charge < -0.3 is 9.84 Å². The molecule has 0 aromatic rings. The van der Waals surface area contributed by atoms with Gasteiger partial charge in [0.15, 0.2) is 0 Å². The van der Waals surface area contributed by atoms with Crippen LogP contribution in [-0.2, 0) is 9.53 Å². The van der Waals surface area contributed by atoms with Crippen molar-refractivity contribution in [3.05, 3.63) is 12.7 Å². The lowest BCUT2D eigenvalue weighted by molar-refractivity contribution is -0.160. The van der Waals surface area contributed by atoms with Crippen LogP contribution in [0.4, 0.5) is 0 Å². The van der Waals surface area contributed by atoms with E-state index in [1.165, 1.54) is 0 Å². The minimum atomic E-state index is -0.863. The monoisotopic (exact) mass is 186 g/mol. The maximum Gasteiger partial charge on any atom is 0.314 e. The van der Waals surface area contributed by atoms with Crippen LogP contribution in [-0.4, -0.2) is 23.8 Å². The Bertz CT molecular complexity index is 187. The molecule has 0 saturated heterocycles. The van der Waals surface area contributed by atoms with Gasteiger partial charge in [-0.1, -0.05) is 6.08 Å². The highest BCUT2D eigenvalue weighted by molar-refractivity contribution is 5.77. The Morgan fingerprint density at radius 3 is 2.62 bits per heavy atom. The van der Waals surface area contributed by atoms with Crippen molar-refractivity contribution < 1.29 is 14.6 Å². The van der Waals surface area contributed by atoms with Gasteiger partial charge in [0.25, 0.3) is 0 Å². The number of aliphatic hydroxyl groups excluding tert-OH is 1. The van der Waals surface area contributed by atoms with Gasteiger partial charge in [0.05, 0.1) is 18.1 Å². The van der Waals surface area contributed by atoms with Gasteiger partial charge in [-0.3, -0.25) is 4.79 Å². The molecule has 2 atom stereocenters. The smallest absolute Gasteiger partial charge is 0.314 e. The number of carbonyl (C=O) groups is 1. The summed E-state index contributed by atoms with van der Waals surface area (Å²) in [6.45, 7) is 8.89. The summed E-state index contributed by atoms with van der Waals surface area (Å²) >= 11 is 0. The van der Waals surface area contributed by atoms with Crippen LogP contribution in [0.2, 0.25) is 0 Å². The highest BCUT2D eigenvalue weighted by Crippen LogP contribution is 2.28. The molecule has 0 aliphatic rings. The summed E-state index contributed by atoms with van der Waals surface area (Å²) in [4.78, 5) is 11.5. The third-order valence-electron chi connectivity index (χ3n) is 2.23. The molecule has 0 aromatic heterocycles. The molecule has 0 rings (SSSR count). The van der Waals surface area contributed by atoms with Crippen LogP contribution in [0.15, 0.2) is 12.7 Å². The van der Waals surface area contributed by atoms with E-state index in [0.29, 0.717) is 13.0 Å². The van der Waals surface area contributed by atoms with E-state index in [2.05, 4.69) is 6.58 Å². The van der Waals surface area contributed by atoms with E-state index in [-0.39, 0.29) is 5.97 Å². The van der Waals surface area contributed by atoms with Gasteiger partial charge in [0.2, 0.25) is 0 Å². The highest BCUT2D eigenvalue weighted by Gasteiger charge is 2.38. The molecule has 0 radical (unpaired) electrons. The fourth-order valence-electron chi connectivity index (χ4n) is 1.02. The maximum absolute atomic E-state index is 11.5. The Labute approximate surface area is 79.4 Å². The number of rotatable bonds is 5. The molecule has 0 saturated carbocycles. The van der Waals surface area contributed by atoms with Crippen LogP contribution in [0.5, 0.6) is 0 Å². The van der Waals surface area contributed by atoms with Crippen molar-refractivity contribution in [3.8, 4) is 0 Å². The van der Waals surface area contributed by atoms with Gasteiger partial charge in [0.1, 0.15) is 0 Å². The summed E-state index contributed by atoms with van der Waals surface area (Å²) in [6, 6.07) is 0. The van der Waals surface area contributed by atoms with Crippen LogP contribution in [0.3, 0.4) is 0 Å². The number of esters is 1. The molecule has 0 aromatic carbocycles. The molecule has 0 bridgehead atoms. The van der Waals surface area contributed by atoms with E-state index >= 15 is 0 Å². The Balaban J connectivity index is 4.56. The molecule has 3 nitrogen and oxygen atoms in total. The van der Waals surface area contributed by atoms with E-state index in [9.17, 15) is 9.90 Å². The topological polar surface area (TPSA) is 46.5 Å². The zero-order valence-corrected chi connectivity index (χ0v) is 8.54. The Hall–Kier alpha value is -0.830. The van der Waals surface area contributed by atoms with Crippen molar-refractivity contribution in [3.63, 3.8) is 0 Å². The molecule has 0 spiro atoms. The molecule has 0 aliphatic carbocycles. The second-order valence-electron chi connectivity index (χ2n) is 3.31. The average molecular weight is 186 g/mol. The van der Waals surface area contributed by atoms with Crippen LogP contribution < -0.4 is 0 Å². The average Bonchev–Trinajstić information content (AvgIpc) is 2.04. The van der Waals surface area contributed by atoms with Crippen molar-refractivity contribution >= 4 is 5.97 Å². The first-order chi connectivity index (χ1) is 5.99. The summed E-state index contributed by atoms with van der Waals surface area (Å²) in [7, 11) is 0. The quantitative estimate of drug-likeness (QED) is 0.523. The lowest BCUT2D eigenvalue weighted by Crippen LogP contribution is -2.39. The van der Waals surface area contributed by atoms with Gasteiger partial charge in [-0.15, -0.1) is 6.58 Å². The fourth-order valence-corrected chi connectivity index (χ4v) is 1.02. The fraction of sp³-hybridized carbons (Fsp3) is 0.700. The predicted molar refractivity (Wildman–Crippen MR) is 51.2 cm³/mol. The summed E-state index contributed by atoms with van der Waals surface area (Å²) in [6.07, 6.45) is 1.30. The summed E-state index contributed by atoms with van der Waals surface area (Å²) in [5.74, 6) is -0.370. The van der Waals surface area contributed by atoms with E-state index < -0.39 is 11.5 Å². The largest absolute Gasteiger partial charge is 0.465 e. The third-order valence-corrected chi connectivity index (χ3v) is 2.23. The normalized spacial score (nSPS) is 17.2. The summed E-state index contributed by atoms with van der Waals surface area (Å²) < 4.78 is 4.87. The number of carbonyl (C=O) groups excluding carboxylic acids is 1. The first kappa shape index (κ1) is 12.2. The number of allylic oxidation sites excluding steroid dienone is 1. The van der Waals surface area contributed by atoms with Gasteiger partial charge >= 0.3 is 5.97 Å². The molecule has 1 N–H and O–H groups in total. The minimum Gasteiger partial charge on any atom is -0.465 e. The molecule has 0 unspecified atom stereocenters. The number of hydrogen-bond acceptors (Lipinski definition) is 3. The van der Waals surface area contributed by atoms with Crippen molar-refractivity contribution in [1.82, 2.24) is 0 Å². The van der Waals surface area contributed by atoms with Crippen molar-refractivity contribution in [2.75, 3.05) is 6.61 Å². The molecule has 13 heavy (non-hydrogen) atoms. The number of hydrogen-bond donors (Lipinski definition) is 1. The van der Waals surface area contributed by atoms with Gasteiger partial charge in [-0.25, -0.2) is 0 Å². The van der Waals surface area contributed by atoms with Crippen molar-refractivity contribution in [2.45, 2.75) is 33.3 Å². The molecule has 0 fully saturated rings. The van der Waals surface area contributed by atoms with E-state index in [1.54, 1.807) is 26.8 Å². The van der Waals surface area contributed by atoms with Crippen LogP contribution >= 0.6 is 0 Å². The minimum absolute atomic E-state index is 0.332. The van der Waals surface area contributed by atoms with E-state index in [4.69, 9.17) is 4.74 Å². The van der Waals surface area contributed by atoms with Crippen LogP contribution in [0, 0.1) is 5.41 Å². The van der Waals surface area contributed by atoms with Gasteiger partial charge in [0, 0.05) is 0 Å². The third kappa shape index (κ3) is 2.84. The molecular weight excluding hydrogens is 168 g/mol. The lowest BCUT2D eigenvalue weighted by Gasteiger charge is -2.28. The highest BCUT2D eigenvalue weighted by atomic mass is 16.5. The molecule has 76 valence electrons. The first-order valence-corrected chi connectivity index (χ1v) is 4.45. The zero-order chi connectivity index (χ0) is 10.5. The maximum atomic E-state index is 11.5. The number of aliphatic hydroxyl groups is 1. The second kappa shape index (κ2) is 5.02. The summed E-state index contributed by atoms with van der Waals surface area (Å²) in [5.41, 5.74) is -0.863. The molecule has 0 aliphatic heterocycles.